The molecule has 21 heavy (non-hydrogen) atoms. The van der Waals surface area contributed by atoms with Gasteiger partial charge in [-0.25, -0.2) is 0 Å². The Morgan fingerprint density at radius 1 is 1.48 bits per heavy atom. The molecule has 0 saturated carbocycles. The fourth-order valence-corrected chi connectivity index (χ4v) is 2.68. The number of halogens is 1. The largest absolute Gasteiger partial charge is 0.332 e. The average molecular weight is 313 g/mol. The van der Waals surface area contributed by atoms with Crippen LogP contribution in [0.15, 0.2) is 18.2 Å². The van der Waals surface area contributed by atoms with Gasteiger partial charge in [-0.15, -0.1) is 0 Å². The third-order valence-corrected chi connectivity index (χ3v) is 3.78. The summed E-state index contributed by atoms with van der Waals surface area (Å²) in [5.74, 6) is -0.274. The molecule has 0 spiro atoms. The minimum atomic E-state index is -0.562. The maximum absolute atomic E-state index is 12.6. The number of carbonyl (C=O) groups excluding carboxylic acids is 1. The summed E-state index contributed by atoms with van der Waals surface area (Å²) in [5.41, 5.74) is 5.75. The minimum Gasteiger partial charge on any atom is -0.332 e. The summed E-state index contributed by atoms with van der Waals surface area (Å²) in [6, 6.07) is 3.82. The molecule has 1 amide bonds. The van der Waals surface area contributed by atoms with Crippen LogP contribution in [0.4, 0.5) is 5.69 Å². The number of nitro groups is 1. The molecular formula is C13H17ClN4O3. The van der Waals surface area contributed by atoms with Crippen LogP contribution >= 0.6 is 11.6 Å². The van der Waals surface area contributed by atoms with Crippen LogP contribution in [0.1, 0.15) is 10.4 Å². The van der Waals surface area contributed by atoms with E-state index < -0.39 is 4.92 Å². The fourth-order valence-electron chi connectivity index (χ4n) is 2.45. The van der Waals surface area contributed by atoms with Crippen molar-refractivity contribution in [1.82, 2.24) is 9.80 Å². The smallest absolute Gasteiger partial charge is 0.271 e. The number of carbonyl (C=O) groups is 1. The zero-order valence-corrected chi connectivity index (χ0v) is 12.4. The maximum Gasteiger partial charge on any atom is 0.271 e. The highest BCUT2D eigenvalue weighted by molar-refractivity contribution is 6.31. The van der Waals surface area contributed by atoms with Gasteiger partial charge in [0.15, 0.2) is 0 Å². The summed E-state index contributed by atoms with van der Waals surface area (Å²) in [6.45, 7) is 2.31. The number of amides is 1. The maximum atomic E-state index is 12.6. The lowest BCUT2D eigenvalue weighted by molar-refractivity contribution is -0.384. The first-order valence-electron chi connectivity index (χ1n) is 6.57. The van der Waals surface area contributed by atoms with Crippen LogP contribution < -0.4 is 5.73 Å². The number of hydrogen-bond acceptors (Lipinski definition) is 5. The van der Waals surface area contributed by atoms with Crippen molar-refractivity contribution in [1.29, 1.82) is 0 Å². The SMILES string of the molecule is CN1CCN(C(=O)c2cc(Cl)cc([N+](=O)[O-])c2)C(CN)C1. The van der Waals surface area contributed by atoms with E-state index in [0.29, 0.717) is 19.6 Å². The van der Waals surface area contributed by atoms with E-state index >= 15 is 0 Å². The lowest BCUT2D eigenvalue weighted by Crippen LogP contribution is -2.56. The van der Waals surface area contributed by atoms with Crippen molar-refractivity contribution >= 4 is 23.2 Å². The van der Waals surface area contributed by atoms with Crippen LogP contribution in [0.2, 0.25) is 5.02 Å². The summed E-state index contributed by atoms with van der Waals surface area (Å²) in [5, 5.41) is 11.0. The molecule has 1 aromatic carbocycles. The van der Waals surface area contributed by atoms with E-state index in [4.69, 9.17) is 17.3 Å². The molecule has 2 rings (SSSR count). The van der Waals surface area contributed by atoms with Gasteiger partial charge in [0.1, 0.15) is 0 Å². The first-order chi connectivity index (χ1) is 9.92. The number of rotatable bonds is 3. The molecule has 7 nitrogen and oxygen atoms in total. The third-order valence-electron chi connectivity index (χ3n) is 3.56. The zero-order chi connectivity index (χ0) is 15.6. The number of non-ortho nitro benzene ring substituents is 1. The summed E-state index contributed by atoms with van der Waals surface area (Å²) in [7, 11) is 1.97. The van der Waals surface area contributed by atoms with Crippen molar-refractivity contribution in [2.24, 2.45) is 5.73 Å². The highest BCUT2D eigenvalue weighted by Gasteiger charge is 2.29. The van der Waals surface area contributed by atoms with Gasteiger partial charge >= 0.3 is 0 Å². The molecule has 0 aliphatic carbocycles. The van der Waals surface area contributed by atoms with Gasteiger partial charge in [-0.1, -0.05) is 11.6 Å². The van der Waals surface area contributed by atoms with E-state index in [2.05, 4.69) is 4.90 Å². The van der Waals surface area contributed by atoms with Crippen LogP contribution in [0.25, 0.3) is 0 Å². The summed E-state index contributed by atoms with van der Waals surface area (Å²) >= 11 is 5.86. The minimum absolute atomic E-state index is 0.103. The second-order valence-corrected chi connectivity index (χ2v) is 5.54. The number of nitrogens with zero attached hydrogens (tertiary/aromatic N) is 3. The van der Waals surface area contributed by atoms with Gasteiger partial charge in [0.05, 0.1) is 11.0 Å². The van der Waals surface area contributed by atoms with Gasteiger partial charge in [-0.3, -0.25) is 14.9 Å². The second-order valence-electron chi connectivity index (χ2n) is 5.11. The zero-order valence-electron chi connectivity index (χ0n) is 11.7. The van der Waals surface area contributed by atoms with Gasteiger partial charge in [-0.2, -0.15) is 0 Å². The molecule has 8 heteroatoms. The van der Waals surface area contributed by atoms with Gasteiger partial charge in [0.25, 0.3) is 11.6 Å². The quantitative estimate of drug-likeness (QED) is 0.663. The molecule has 0 radical (unpaired) electrons. The number of piperazine rings is 1. The Hall–Kier alpha value is -1.70. The Balaban J connectivity index is 2.28. The molecule has 1 saturated heterocycles. The number of nitrogens with two attached hydrogens (primary N) is 1. The molecule has 0 bridgehead atoms. The molecule has 1 aromatic rings. The molecule has 0 aromatic heterocycles. The fraction of sp³-hybridized carbons (Fsp3) is 0.462. The number of benzene rings is 1. The predicted octanol–water partition coefficient (Wildman–Crippen LogP) is 0.963. The van der Waals surface area contributed by atoms with E-state index in [-0.39, 0.29) is 28.2 Å². The van der Waals surface area contributed by atoms with Gasteiger partial charge < -0.3 is 15.5 Å². The van der Waals surface area contributed by atoms with Crippen molar-refractivity contribution in [2.45, 2.75) is 6.04 Å². The Bertz CT molecular complexity index is 566. The Morgan fingerprint density at radius 2 is 2.19 bits per heavy atom. The van der Waals surface area contributed by atoms with Crippen LogP contribution in [0.3, 0.4) is 0 Å². The first kappa shape index (κ1) is 15.7. The molecule has 2 N–H and O–H groups in total. The molecule has 1 heterocycles. The van der Waals surface area contributed by atoms with Crippen LogP contribution in [0, 0.1) is 10.1 Å². The standard InChI is InChI=1S/C13H17ClN4O3/c1-16-2-3-17(12(7-15)8-16)13(19)9-4-10(14)6-11(5-9)18(20)21/h4-6,12H,2-3,7-8,15H2,1H3. The van der Waals surface area contributed by atoms with Crippen molar-refractivity contribution < 1.29 is 9.72 Å². The summed E-state index contributed by atoms with van der Waals surface area (Å²) < 4.78 is 0. The Kier molecular flexibility index (Phi) is 4.76. The van der Waals surface area contributed by atoms with Gasteiger partial charge in [0.2, 0.25) is 0 Å². The van der Waals surface area contributed by atoms with Crippen molar-refractivity contribution in [3.8, 4) is 0 Å². The van der Waals surface area contributed by atoms with Gasteiger partial charge in [0, 0.05) is 48.9 Å². The lowest BCUT2D eigenvalue weighted by atomic mass is 10.1. The van der Waals surface area contributed by atoms with Crippen LogP contribution in [0.5, 0.6) is 0 Å². The average Bonchev–Trinajstić information content (AvgIpc) is 2.45. The van der Waals surface area contributed by atoms with Crippen LogP contribution in [-0.2, 0) is 0 Å². The highest BCUT2D eigenvalue weighted by Crippen LogP contribution is 2.23. The second kappa shape index (κ2) is 6.38. The molecule has 1 aliphatic rings. The Labute approximate surface area is 127 Å². The van der Waals surface area contributed by atoms with E-state index in [1.807, 2.05) is 7.05 Å². The molecule has 1 unspecified atom stereocenters. The van der Waals surface area contributed by atoms with Crippen molar-refractivity contribution in [3.63, 3.8) is 0 Å². The molecule has 1 atom stereocenters. The number of nitro benzene ring substituents is 1. The molecule has 114 valence electrons. The monoisotopic (exact) mass is 312 g/mol. The first-order valence-corrected chi connectivity index (χ1v) is 6.94. The van der Waals surface area contributed by atoms with E-state index in [1.165, 1.54) is 18.2 Å². The van der Waals surface area contributed by atoms with Crippen LogP contribution in [-0.4, -0.2) is 59.9 Å². The van der Waals surface area contributed by atoms with Gasteiger partial charge in [-0.05, 0) is 13.1 Å². The van der Waals surface area contributed by atoms with Crippen molar-refractivity contribution in [2.75, 3.05) is 33.2 Å². The normalized spacial score (nSPS) is 19.6. The number of likely N-dealkylation sites (N-methyl/N-ethyl adjacent to an activating group) is 1. The van der Waals surface area contributed by atoms with E-state index in [9.17, 15) is 14.9 Å². The lowest BCUT2D eigenvalue weighted by Gasteiger charge is -2.39. The summed E-state index contributed by atoms with van der Waals surface area (Å²) in [4.78, 5) is 26.6. The molecule has 1 aliphatic heterocycles. The van der Waals surface area contributed by atoms with Crippen molar-refractivity contribution in [3.05, 3.63) is 38.9 Å². The number of hydrogen-bond donors (Lipinski definition) is 1. The Morgan fingerprint density at radius 3 is 2.81 bits per heavy atom. The predicted molar refractivity (Wildman–Crippen MR) is 79.5 cm³/mol. The summed E-state index contributed by atoms with van der Waals surface area (Å²) in [6.07, 6.45) is 0. The molecule has 1 fully saturated rings. The highest BCUT2D eigenvalue weighted by atomic mass is 35.5. The topological polar surface area (TPSA) is 92.7 Å². The van der Waals surface area contributed by atoms with E-state index in [1.54, 1.807) is 4.90 Å². The third kappa shape index (κ3) is 3.49. The molecular weight excluding hydrogens is 296 g/mol. The van der Waals surface area contributed by atoms with E-state index in [0.717, 1.165) is 6.54 Å².